The molecule has 1 spiro atoms. The van der Waals surface area contributed by atoms with E-state index in [0.717, 1.165) is 53.5 Å². The van der Waals surface area contributed by atoms with Crippen LogP contribution in [0.15, 0.2) is 46.6 Å². The first-order chi connectivity index (χ1) is 18.8. The third-order valence-electron chi connectivity index (χ3n) is 8.69. The zero-order valence-corrected chi connectivity index (χ0v) is 22.4. The van der Waals surface area contributed by atoms with Gasteiger partial charge in [0.25, 0.3) is 0 Å². The molecule has 4 aliphatic rings. The summed E-state index contributed by atoms with van der Waals surface area (Å²) < 4.78 is 35.9. The number of aromatic nitrogens is 2. The van der Waals surface area contributed by atoms with E-state index in [1.54, 1.807) is 16.3 Å². The van der Waals surface area contributed by atoms with Gasteiger partial charge in [-0.05, 0) is 49.6 Å². The van der Waals surface area contributed by atoms with Crippen LogP contribution in [-0.2, 0) is 16.1 Å². The van der Waals surface area contributed by atoms with Gasteiger partial charge in [0.2, 0.25) is 5.91 Å². The van der Waals surface area contributed by atoms with Gasteiger partial charge in [0.05, 0.1) is 30.8 Å². The molecule has 7 rings (SSSR count). The first-order valence-electron chi connectivity index (χ1n) is 13.2. The smallest absolute Gasteiger partial charge is 0.350 e. The number of hydrogen-bond acceptors (Lipinski definition) is 6. The van der Waals surface area contributed by atoms with Gasteiger partial charge in [0.1, 0.15) is 17.5 Å². The van der Waals surface area contributed by atoms with E-state index in [9.17, 15) is 18.4 Å². The van der Waals surface area contributed by atoms with Crippen molar-refractivity contribution in [1.29, 1.82) is 0 Å². The van der Waals surface area contributed by atoms with Gasteiger partial charge < -0.3 is 14.5 Å². The predicted molar refractivity (Wildman–Crippen MR) is 146 cm³/mol. The lowest BCUT2D eigenvalue weighted by atomic mass is 9.69. The van der Waals surface area contributed by atoms with E-state index in [1.165, 1.54) is 18.2 Å². The SMILES string of the molecule is C=CC(=O)N1C2CN(c3nc(=O)n4c5c(c(-c6ccc(F)cc6F)c(C)cc35)SCC4)CC1CC1(COC1)C2. The maximum absolute atomic E-state index is 15.0. The van der Waals surface area contributed by atoms with Crippen molar-refractivity contribution in [1.82, 2.24) is 14.5 Å². The highest BCUT2D eigenvalue weighted by Gasteiger charge is 2.53. The molecule has 4 aliphatic heterocycles. The van der Waals surface area contributed by atoms with Crippen molar-refractivity contribution in [3.8, 4) is 11.1 Å². The van der Waals surface area contributed by atoms with Gasteiger partial charge in [-0.15, -0.1) is 11.8 Å². The van der Waals surface area contributed by atoms with E-state index < -0.39 is 11.6 Å². The molecule has 1 aromatic heterocycles. The Morgan fingerprint density at radius 2 is 1.95 bits per heavy atom. The van der Waals surface area contributed by atoms with Crippen LogP contribution in [0.4, 0.5) is 14.6 Å². The molecule has 0 aliphatic carbocycles. The number of ether oxygens (including phenoxy) is 1. The maximum Gasteiger partial charge on any atom is 0.350 e. The zero-order valence-electron chi connectivity index (χ0n) is 21.6. The number of thioether (sulfide) groups is 1. The Bertz CT molecular complexity index is 1600. The summed E-state index contributed by atoms with van der Waals surface area (Å²) in [5, 5.41) is 0.837. The third-order valence-corrected chi connectivity index (χ3v) is 9.76. The molecule has 202 valence electrons. The molecule has 0 radical (unpaired) electrons. The molecule has 2 unspecified atom stereocenters. The van der Waals surface area contributed by atoms with Crippen molar-refractivity contribution in [2.75, 3.05) is 37.0 Å². The molecule has 3 aromatic rings. The number of carbonyl (C=O) groups is 1. The number of piperidine rings is 1. The molecule has 3 fully saturated rings. The summed E-state index contributed by atoms with van der Waals surface area (Å²) in [4.78, 5) is 35.7. The number of halogens is 2. The fraction of sp³-hybridized carbons (Fsp3) is 0.414. The molecular formula is C29H28F2N4O3S. The molecule has 2 bridgehead atoms. The second kappa shape index (κ2) is 8.89. The lowest BCUT2D eigenvalue weighted by Gasteiger charge is -2.58. The number of hydrogen-bond donors (Lipinski definition) is 0. The Labute approximate surface area is 228 Å². The van der Waals surface area contributed by atoms with Crippen molar-refractivity contribution in [3.05, 3.63) is 64.6 Å². The Hall–Kier alpha value is -3.24. The molecule has 1 amide bonds. The van der Waals surface area contributed by atoms with Gasteiger partial charge in [-0.3, -0.25) is 9.36 Å². The van der Waals surface area contributed by atoms with Crippen LogP contribution >= 0.6 is 11.8 Å². The summed E-state index contributed by atoms with van der Waals surface area (Å²) in [6.07, 6.45) is 3.06. The minimum absolute atomic E-state index is 0.0402. The summed E-state index contributed by atoms with van der Waals surface area (Å²) >= 11 is 1.58. The first-order valence-corrected chi connectivity index (χ1v) is 14.2. The van der Waals surface area contributed by atoms with Crippen LogP contribution in [0.3, 0.4) is 0 Å². The van der Waals surface area contributed by atoms with Crippen LogP contribution in [0, 0.1) is 24.0 Å². The summed E-state index contributed by atoms with van der Waals surface area (Å²) in [6.45, 7) is 8.68. The standard InChI is InChI=1S/C29H28F2N4O3S/c1-3-23(36)35-18-10-29(14-38-15-29)11-19(35)13-33(12-18)27-21-8-16(2)24(20-5-4-17(30)9-22(20)31)26-25(21)34(6-7-39-26)28(37)32-27/h3-5,8-9,18-19H,1,6-7,10-15H2,2H3. The molecule has 0 N–H and O–H groups in total. The van der Waals surface area contributed by atoms with Gasteiger partial charge in [0.15, 0.2) is 0 Å². The van der Waals surface area contributed by atoms with Crippen molar-refractivity contribution >= 4 is 34.4 Å². The van der Waals surface area contributed by atoms with Crippen LogP contribution in [0.2, 0.25) is 0 Å². The first kappa shape index (κ1) is 24.8. The van der Waals surface area contributed by atoms with E-state index in [4.69, 9.17) is 4.74 Å². The van der Waals surface area contributed by atoms with Gasteiger partial charge in [-0.1, -0.05) is 6.58 Å². The number of fused-ring (bicyclic) bond motifs is 2. The minimum Gasteiger partial charge on any atom is -0.380 e. The summed E-state index contributed by atoms with van der Waals surface area (Å²) in [5.74, 6) is -0.0745. The lowest BCUT2D eigenvalue weighted by molar-refractivity contribution is -0.173. The van der Waals surface area contributed by atoms with E-state index >= 15 is 0 Å². The number of amides is 1. The van der Waals surface area contributed by atoms with Gasteiger partial charge in [-0.25, -0.2) is 13.6 Å². The lowest BCUT2D eigenvalue weighted by Crippen LogP contribution is -2.68. The second-order valence-corrected chi connectivity index (χ2v) is 12.3. The number of rotatable bonds is 3. The zero-order chi connectivity index (χ0) is 27.1. The average molecular weight is 551 g/mol. The van der Waals surface area contributed by atoms with Crippen LogP contribution in [0.5, 0.6) is 0 Å². The largest absolute Gasteiger partial charge is 0.380 e. The molecule has 10 heteroatoms. The van der Waals surface area contributed by atoms with Crippen LogP contribution in [0.1, 0.15) is 18.4 Å². The number of anilines is 1. The normalized spacial score (nSPS) is 23.2. The van der Waals surface area contributed by atoms with Gasteiger partial charge in [0, 0.05) is 58.3 Å². The van der Waals surface area contributed by atoms with Crippen molar-refractivity contribution in [2.45, 2.75) is 43.3 Å². The molecule has 5 heterocycles. The van der Waals surface area contributed by atoms with Crippen LogP contribution < -0.4 is 10.6 Å². The Morgan fingerprint density at radius 3 is 2.59 bits per heavy atom. The number of benzene rings is 2. The second-order valence-electron chi connectivity index (χ2n) is 11.2. The predicted octanol–water partition coefficient (Wildman–Crippen LogP) is 4.14. The highest BCUT2D eigenvalue weighted by atomic mass is 32.2. The fourth-order valence-electron chi connectivity index (χ4n) is 7.11. The number of piperazine rings is 1. The highest BCUT2D eigenvalue weighted by Crippen LogP contribution is 2.48. The van der Waals surface area contributed by atoms with Gasteiger partial charge in [-0.2, -0.15) is 4.98 Å². The molecule has 3 saturated heterocycles. The Morgan fingerprint density at radius 1 is 1.21 bits per heavy atom. The number of nitrogens with zero attached hydrogens (tertiary/aromatic N) is 4. The van der Waals surface area contributed by atoms with Crippen LogP contribution in [0.25, 0.3) is 22.0 Å². The topological polar surface area (TPSA) is 67.7 Å². The number of carbonyl (C=O) groups excluding carboxylic acids is 1. The van der Waals surface area contributed by atoms with Gasteiger partial charge >= 0.3 is 5.69 Å². The van der Waals surface area contributed by atoms with E-state index in [2.05, 4.69) is 16.5 Å². The fourth-order valence-corrected chi connectivity index (χ4v) is 8.36. The Kier molecular flexibility index (Phi) is 5.65. The Balaban J connectivity index is 1.37. The van der Waals surface area contributed by atoms with Crippen molar-refractivity contribution < 1.29 is 18.3 Å². The summed E-state index contributed by atoms with van der Waals surface area (Å²) in [6, 6.07) is 5.51. The average Bonchev–Trinajstić information content (AvgIpc) is 2.89. The minimum atomic E-state index is -0.632. The molecule has 2 atom stereocenters. The third kappa shape index (κ3) is 3.75. The highest BCUT2D eigenvalue weighted by molar-refractivity contribution is 7.99. The molecule has 39 heavy (non-hydrogen) atoms. The molecule has 2 aromatic carbocycles. The van der Waals surface area contributed by atoms with E-state index in [1.807, 2.05) is 17.9 Å². The summed E-state index contributed by atoms with van der Waals surface area (Å²) in [7, 11) is 0. The van der Waals surface area contributed by atoms with Crippen LogP contribution in [-0.4, -0.2) is 64.5 Å². The maximum atomic E-state index is 15.0. The van der Waals surface area contributed by atoms with Crippen molar-refractivity contribution in [3.63, 3.8) is 0 Å². The van der Waals surface area contributed by atoms with E-state index in [0.29, 0.717) is 42.3 Å². The summed E-state index contributed by atoms with van der Waals surface area (Å²) in [5.41, 5.74) is 2.33. The van der Waals surface area contributed by atoms with Crippen molar-refractivity contribution in [2.24, 2.45) is 5.41 Å². The number of aryl methyl sites for hydroxylation is 2. The molecular weight excluding hydrogens is 522 g/mol. The molecule has 0 saturated carbocycles. The monoisotopic (exact) mass is 550 g/mol. The quantitative estimate of drug-likeness (QED) is 0.457. The molecule has 7 nitrogen and oxygen atoms in total. The van der Waals surface area contributed by atoms with E-state index in [-0.39, 0.29) is 29.1 Å².